The van der Waals surface area contributed by atoms with E-state index >= 15 is 0 Å². The molecule has 5 nitrogen and oxygen atoms in total. The zero-order valence-corrected chi connectivity index (χ0v) is 11.7. The number of likely N-dealkylation sites (tertiary alicyclic amines) is 1. The lowest BCUT2D eigenvalue weighted by atomic mass is 10.1. The minimum atomic E-state index is 0.00321. The molecule has 0 aliphatic carbocycles. The Morgan fingerprint density at radius 2 is 1.71 bits per heavy atom. The quantitative estimate of drug-likeness (QED) is 0.863. The maximum atomic E-state index is 12.3. The summed E-state index contributed by atoms with van der Waals surface area (Å²) >= 11 is 0. The summed E-state index contributed by atoms with van der Waals surface area (Å²) < 4.78 is 0. The van der Waals surface area contributed by atoms with Crippen LogP contribution in [0.5, 0.6) is 0 Å². The Hall–Kier alpha value is -2.79. The third-order valence-corrected chi connectivity index (χ3v) is 3.40. The number of hydrogen-bond donors (Lipinski definition) is 1. The van der Waals surface area contributed by atoms with Crippen LogP contribution in [0.2, 0.25) is 0 Å². The molecule has 1 fully saturated rings. The molecule has 2 rings (SSSR count). The van der Waals surface area contributed by atoms with Crippen LogP contribution >= 0.6 is 0 Å². The van der Waals surface area contributed by atoms with Gasteiger partial charge in [-0.05, 0) is 43.5 Å². The smallest absolute Gasteiger partial charge is 0.253 e. The van der Waals surface area contributed by atoms with E-state index < -0.39 is 0 Å². The fraction of sp³-hybridized carbons (Fsp3) is 0.312. The molecule has 1 saturated heterocycles. The van der Waals surface area contributed by atoms with Crippen molar-refractivity contribution in [3.63, 3.8) is 0 Å². The van der Waals surface area contributed by atoms with Gasteiger partial charge in [-0.2, -0.15) is 10.5 Å². The molecule has 0 aromatic heterocycles. The van der Waals surface area contributed by atoms with Gasteiger partial charge in [-0.15, -0.1) is 0 Å². The lowest BCUT2D eigenvalue weighted by Crippen LogP contribution is -2.35. The predicted octanol–water partition coefficient (Wildman–Crippen LogP) is 2.66. The summed E-state index contributed by atoms with van der Waals surface area (Å²) in [7, 11) is 0. The largest absolute Gasteiger partial charge is 0.360 e. The zero-order valence-electron chi connectivity index (χ0n) is 11.7. The molecule has 106 valence electrons. The summed E-state index contributed by atoms with van der Waals surface area (Å²) in [5.74, 6) is 0.0616. The van der Waals surface area contributed by atoms with E-state index in [1.165, 1.54) is 12.6 Å². The highest BCUT2D eigenvalue weighted by Crippen LogP contribution is 2.15. The van der Waals surface area contributed by atoms with E-state index in [9.17, 15) is 4.79 Å². The van der Waals surface area contributed by atoms with Crippen molar-refractivity contribution in [2.24, 2.45) is 0 Å². The number of benzene rings is 1. The summed E-state index contributed by atoms with van der Waals surface area (Å²) in [4.78, 5) is 14.2. The Labute approximate surface area is 124 Å². The highest BCUT2D eigenvalue weighted by molar-refractivity contribution is 5.94. The van der Waals surface area contributed by atoms with Crippen molar-refractivity contribution < 1.29 is 4.79 Å². The average Bonchev–Trinajstić information content (AvgIpc) is 2.56. The van der Waals surface area contributed by atoms with Gasteiger partial charge in [0, 0.05) is 30.5 Å². The number of nitrogens with zero attached hydrogens (tertiary/aromatic N) is 3. The number of rotatable bonds is 3. The molecule has 0 bridgehead atoms. The fourth-order valence-corrected chi connectivity index (χ4v) is 2.23. The second-order valence-corrected chi connectivity index (χ2v) is 4.86. The Morgan fingerprint density at radius 3 is 2.29 bits per heavy atom. The van der Waals surface area contributed by atoms with Crippen LogP contribution in [0.3, 0.4) is 0 Å². The molecule has 1 aromatic carbocycles. The molecular formula is C16H16N4O. The van der Waals surface area contributed by atoms with Crippen LogP contribution in [0, 0.1) is 22.7 Å². The Kier molecular flexibility index (Phi) is 4.95. The minimum absolute atomic E-state index is 0.00321. The van der Waals surface area contributed by atoms with Crippen LogP contribution in [0.1, 0.15) is 29.6 Å². The van der Waals surface area contributed by atoms with Gasteiger partial charge in [0.1, 0.15) is 17.7 Å². The van der Waals surface area contributed by atoms with Crippen molar-refractivity contribution >= 4 is 11.6 Å². The van der Waals surface area contributed by atoms with Gasteiger partial charge < -0.3 is 10.2 Å². The number of amides is 1. The van der Waals surface area contributed by atoms with E-state index in [0.29, 0.717) is 5.56 Å². The van der Waals surface area contributed by atoms with Crippen molar-refractivity contribution in [2.45, 2.75) is 19.3 Å². The number of piperidine rings is 1. The van der Waals surface area contributed by atoms with Gasteiger partial charge in [0.25, 0.3) is 5.91 Å². The van der Waals surface area contributed by atoms with E-state index in [0.717, 1.165) is 31.6 Å². The summed E-state index contributed by atoms with van der Waals surface area (Å²) in [5, 5.41) is 20.1. The first-order chi connectivity index (χ1) is 10.2. The highest BCUT2D eigenvalue weighted by atomic mass is 16.2. The monoisotopic (exact) mass is 280 g/mol. The van der Waals surface area contributed by atoms with Crippen molar-refractivity contribution in [3.05, 3.63) is 41.6 Å². The average molecular weight is 280 g/mol. The predicted molar refractivity (Wildman–Crippen MR) is 79.1 cm³/mol. The molecule has 0 spiro atoms. The maximum Gasteiger partial charge on any atom is 0.253 e. The van der Waals surface area contributed by atoms with E-state index in [1.54, 1.807) is 36.4 Å². The van der Waals surface area contributed by atoms with Gasteiger partial charge in [-0.1, -0.05) is 0 Å². The van der Waals surface area contributed by atoms with Crippen LogP contribution in [-0.4, -0.2) is 23.9 Å². The van der Waals surface area contributed by atoms with Gasteiger partial charge in [-0.25, -0.2) is 0 Å². The number of nitrogens with one attached hydrogen (secondary N) is 1. The van der Waals surface area contributed by atoms with Crippen LogP contribution in [0.4, 0.5) is 5.69 Å². The lowest BCUT2D eigenvalue weighted by molar-refractivity contribution is 0.0724. The number of carbonyl (C=O) groups is 1. The molecular weight excluding hydrogens is 264 g/mol. The van der Waals surface area contributed by atoms with E-state index in [-0.39, 0.29) is 11.5 Å². The molecule has 1 aromatic rings. The fourth-order valence-electron chi connectivity index (χ4n) is 2.23. The summed E-state index contributed by atoms with van der Waals surface area (Å²) in [6, 6.07) is 10.6. The SMILES string of the molecule is N#CC(C#N)=CNc1ccc(C(=O)N2CCCCC2)cc1. The first kappa shape index (κ1) is 14.6. The zero-order chi connectivity index (χ0) is 15.1. The van der Waals surface area contributed by atoms with Crippen LogP contribution in [0.15, 0.2) is 36.0 Å². The standard InChI is InChI=1S/C16H16N4O/c17-10-13(11-18)12-19-15-6-4-14(5-7-15)16(21)20-8-2-1-3-9-20/h4-7,12,19H,1-3,8-9H2. The summed E-state index contributed by atoms with van der Waals surface area (Å²) in [6.45, 7) is 1.66. The number of anilines is 1. The van der Waals surface area contributed by atoms with Gasteiger partial charge >= 0.3 is 0 Å². The number of allylic oxidation sites excluding steroid dienone is 1. The second kappa shape index (κ2) is 7.12. The number of carbonyl (C=O) groups excluding carboxylic acids is 1. The molecule has 0 atom stereocenters. The van der Waals surface area contributed by atoms with Crippen molar-refractivity contribution in [3.8, 4) is 12.1 Å². The van der Waals surface area contributed by atoms with Gasteiger partial charge in [0.2, 0.25) is 0 Å². The van der Waals surface area contributed by atoms with E-state index in [2.05, 4.69) is 5.32 Å². The lowest BCUT2D eigenvalue weighted by Gasteiger charge is -2.26. The molecule has 1 aliphatic heterocycles. The third kappa shape index (κ3) is 3.84. The van der Waals surface area contributed by atoms with Crippen molar-refractivity contribution in [2.75, 3.05) is 18.4 Å². The minimum Gasteiger partial charge on any atom is -0.360 e. The van der Waals surface area contributed by atoms with Crippen molar-refractivity contribution in [1.29, 1.82) is 10.5 Å². The molecule has 21 heavy (non-hydrogen) atoms. The summed E-state index contributed by atoms with van der Waals surface area (Å²) in [6.07, 6.45) is 4.68. The van der Waals surface area contributed by atoms with E-state index in [4.69, 9.17) is 10.5 Å². The highest BCUT2D eigenvalue weighted by Gasteiger charge is 2.17. The topological polar surface area (TPSA) is 79.9 Å². The Morgan fingerprint density at radius 1 is 1.10 bits per heavy atom. The Balaban J connectivity index is 2.02. The molecule has 1 heterocycles. The van der Waals surface area contributed by atoms with Crippen LogP contribution in [0.25, 0.3) is 0 Å². The van der Waals surface area contributed by atoms with E-state index in [1.807, 2.05) is 4.90 Å². The number of nitriles is 2. The molecule has 1 aliphatic rings. The van der Waals surface area contributed by atoms with Gasteiger partial charge in [-0.3, -0.25) is 4.79 Å². The van der Waals surface area contributed by atoms with Crippen LogP contribution < -0.4 is 5.32 Å². The molecule has 0 unspecified atom stereocenters. The van der Waals surface area contributed by atoms with Gasteiger partial charge in [0.15, 0.2) is 0 Å². The normalized spacial score (nSPS) is 13.7. The van der Waals surface area contributed by atoms with Crippen LogP contribution in [-0.2, 0) is 0 Å². The second-order valence-electron chi connectivity index (χ2n) is 4.86. The van der Waals surface area contributed by atoms with Gasteiger partial charge in [0.05, 0.1) is 0 Å². The molecule has 0 radical (unpaired) electrons. The molecule has 1 amide bonds. The molecule has 5 heteroatoms. The first-order valence-corrected chi connectivity index (χ1v) is 6.91. The van der Waals surface area contributed by atoms with Crippen molar-refractivity contribution in [1.82, 2.24) is 4.90 Å². The first-order valence-electron chi connectivity index (χ1n) is 6.91. The molecule has 1 N–H and O–H groups in total. The maximum absolute atomic E-state index is 12.3. The third-order valence-electron chi connectivity index (χ3n) is 3.40. The molecule has 0 saturated carbocycles. The number of hydrogen-bond acceptors (Lipinski definition) is 4. The summed E-state index contributed by atoms with van der Waals surface area (Å²) in [5.41, 5.74) is 1.39. The Bertz CT molecular complexity index is 597.